The van der Waals surface area contributed by atoms with E-state index in [1.165, 1.54) is 5.57 Å². The van der Waals surface area contributed by atoms with Crippen LogP contribution in [0.1, 0.15) is 33.6 Å². The van der Waals surface area contributed by atoms with Crippen molar-refractivity contribution in [1.29, 1.82) is 0 Å². The van der Waals surface area contributed by atoms with E-state index in [2.05, 4.69) is 31.4 Å². The zero-order chi connectivity index (χ0) is 8.69. The molecule has 0 aromatic heterocycles. The van der Waals surface area contributed by atoms with E-state index in [1.54, 1.807) is 0 Å². The standard InChI is InChI=1S/C11H16/c1-5-11(6-2)9-7-8-10(3)4/h5H,3,6,8H2,1-2,4H3. The maximum Gasteiger partial charge on any atom is 0.0297 e. The molecule has 0 heterocycles. The van der Waals surface area contributed by atoms with Crippen LogP contribution >= 0.6 is 0 Å². The fourth-order valence-corrected chi connectivity index (χ4v) is 0.673. The van der Waals surface area contributed by atoms with Crippen LogP contribution in [-0.4, -0.2) is 0 Å². The lowest BCUT2D eigenvalue weighted by atomic mass is 10.2. The highest BCUT2D eigenvalue weighted by atomic mass is 13.9. The van der Waals surface area contributed by atoms with Crippen LogP contribution in [0.4, 0.5) is 0 Å². The summed E-state index contributed by atoms with van der Waals surface area (Å²) in [6.45, 7) is 9.92. The molecule has 0 bridgehead atoms. The lowest BCUT2D eigenvalue weighted by molar-refractivity contribution is 1.15. The van der Waals surface area contributed by atoms with Gasteiger partial charge in [-0.2, -0.15) is 0 Å². The van der Waals surface area contributed by atoms with Gasteiger partial charge < -0.3 is 0 Å². The van der Waals surface area contributed by atoms with Crippen molar-refractivity contribution in [3.05, 3.63) is 23.8 Å². The van der Waals surface area contributed by atoms with Crippen LogP contribution in [0.5, 0.6) is 0 Å². The molecule has 0 atom stereocenters. The Morgan fingerprint density at radius 2 is 2.18 bits per heavy atom. The summed E-state index contributed by atoms with van der Waals surface area (Å²) in [6.07, 6.45) is 3.91. The Bertz CT molecular complexity index is 208. The molecule has 0 rings (SSSR count). The first-order valence-corrected chi connectivity index (χ1v) is 3.99. The number of allylic oxidation sites excluding steroid dienone is 3. The smallest absolute Gasteiger partial charge is 0.0297 e. The van der Waals surface area contributed by atoms with Crippen LogP contribution < -0.4 is 0 Å². The molecule has 0 spiro atoms. The van der Waals surface area contributed by atoms with Crippen LogP contribution in [0.25, 0.3) is 0 Å². The van der Waals surface area contributed by atoms with Crippen molar-refractivity contribution in [2.45, 2.75) is 33.6 Å². The van der Waals surface area contributed by atoms with Crippen molar-refractivity contribution in [2.24, 2.45) is 0 Å². The molecule has 0 saturated carbocycles. The summed E-state index contributed by atoms with van der Waals surface area (Å²) in [7, 11) is 0. The molecule has 11 heavy (non-hydrogen) atoms. The van der Waals surface area contributed by atoms with Gasteiger partial charge in [0.1, 0.15) is 0 Å². The summed E-state index contributed by atoms with van der Waals surface area (Å²) >= 11 is 0. The maximum absolute atomic E-state index is 3.78. The minimum Gasteiger partial charge on any atom is -0.0992 e. The first-order valence-electron chi connectivity index (χ1n) is 3.99. The molecule has 0 aliphatic rings. The van der Waals surface area contributed by atoms with E-state index in [4.69, 9.17) is 0 Å². The van der Waals surface area contributed by atoms with Crippen molar-refractivity contribution in [2.75, 3.05) is 0 Å². The van der Waals surface area contributed by atoms with Gasteiger partial charge >= 0.3 is 0 Å². The average molecular weight is 148 g/mol. The molecule has 0 aliphatic heterocycles. The van der Waals surface area contributed by atoms with Crippen molar-refractivity contribution in [3.8, 4) is 11.8 Å². The highest BCUT2D eigenvalue weighted by Crippen LogP contribution is 1.98. The minimum atomic E-state index is 0.817. The number of rotatable bonds is 2. The Balaban J connectivity index is 3.95. The predicted molar refractivity (Wildman–Crippen MR) is 51.3 cm³/mol. The highest BCUT2D eigenvalue weighted by molar-refractivity contribution is 5.28. The van der Waals surface area contributed by atoms with Crippen molar-refractivity contribution in [1.82, 2.24) is 0 Å². The fraction of sp³-hybridized carbons (Fsp3) is 0.455. The average Bonchev–Trinajstić information content (AvgIpc) is 1.98. The normalized spacial score (nSPS) is 10.3. The van der Waals surface area contributed by atoms with Gasteiger partial charge in [-0.25, -0.2) is 0 Å². The molecular formula is C11H16. The second kappa shape index (κ2) is 5.80. The van der Waals surface area contributed by atoms with Gasteiger partial charge in [-0.05, 0) is 25.8 Å². The van der Waals surface area contributed by atoms with Crippen molar-refractivity contribution in [3.63, 3.8) is 0 Å². The van der Waals surface area contributed by atoms with E-state index >= 15 is 0 Å². The van der Waals surface area contributed by atoms with Gasteiger partial charge in [-0.1, -0.05) is 37.0 Å². The van der Waals surface area contributed by atoms with E-state index in [0.717, 1.165) is 18.4 Å². The van der Waals surface area contributed by atoms with Crippen LogP contribution in [0.3, 0.4) is 0 Å². The Kier molecular flexibility index (Phi) is 5.29. The summed E-state index contributed by atoms with van der Waals surface area (Å²) in [4.78, 5) is 0. The summed E-state index contributed by atoms with van der Waals surface area (Å²) in [5, 5.41) is 0. The Morgan fingerprint density at radius 1 is 1.55 bits per heavy atom. The van der Waals surface area contributed by atoms with Crippen LogP contribution in [-0.2, 0) is 0 Å². The molecule has 0 radical (unpaired) electrons. The molecule has 60 valence electrons. The monoisotopic (exact) mass is 148 g/mol. The summed E-state index contributed by atoms with van der Waals surface area (Å²) in [5.41, 5.74) is 2.34. The quantitative estimate of drug-likeness (QED) is 0.416. The predicted octanol–water partition coefficient (Wildman–Crippen LogP) is 3.31. The second-order valence-corrected chi connectivity index (χ2v) is 2.60. The first kappa shape index (κ1) is 10.0. The van der Waals surface area contributed by atoms with E-state index < -0.39 is 0 Å². The summed E-state index contributed by atoms with van der Waals surface area (Å²) in [5.74, 6) is 6.17. The third-order valence-electron chi connectivity index (χ3n) is 1.37. The van der Waals surface area contributed by atoms with E-state index in [0.29, 0.717) is 0 Å². The SMILES string of the molecule is C=C(C)CC#CC(=CC)CC. The number of hydrogen-bond donors (Lipinski definition) is 0. The molecule has 0 fully saturated rings. The zero-order valence-electron chi connectivity index (χ0n) is 7.70. The third kappa shape index (κ3) is 5.48. The van der Waals surface area contributed by atoms with Crippen LogP contribution in [0.2, 0.25) is 0 Å². The lowest BCUT2D eigenvalue weighted by Gasteiger charge is -1.89. The van der Waals surface area contributed by atoms with E-state index in [-0.39, 0.29) is 0 Å². The lowest BCUT2D eigenvalue weighted by Crippen LogP contribution is -1.74. The topological polar surface area (TPSA) is 0 Å². The fourth-order valence-electron chi connectivity index (χ4n) is 0.673. The Labute approximate surface area is 70.0 Å². The molecule has 0 aliphatic carbocycles. The Hall–Kier alpha value is -0.960. The van der Waals surface area contributed by atoms with Crippen molar-refractivity contribution < 1.29 is 0 Å². The van der Waals surface area contributed by atoms with Gasteiger partial charge in [-0.3, -0.25) is 0 Å². The molecule has 0 saturated heterocycles. The van der Waals surface area contributed by atoms with Gasteiger partial charge in [0, 0.05) is 6.42 Å². The molecule has 0 N–H and O–H groups in total. The van der Waals surface area contributed by atoms with Crippen molar-refractivity contribution >= 4 is 0 Å². The zero-order valence-corrected chi connectivity index (χ0v) is 7.70. The first-order chi connectivity index (χ1) is 5.20. The van der Waals surface area contributed by atoms with Crippen LogP contribution in [0.15, 0.2) is 23.8 Å². The number of hydrogen-bond acceptors (Lipinski definition) is 0. The maximum atomic E-state index is 3.78. The molecule has 0 aromatic carbocycles. The van der Waals surface area contributed by atoms with E-state index in [9.17, 15) is 0 Å². The van der Waals surface area contributed by atoms with E-state index in [1.807, 2.05) is 13.8 Å². The molecule has 0 unspecified atom stereocenters. The second-order valence-electron chi connectivity index (χ2n) is 2.60. The van der Waals surface area contributed by atoms with Gasteiger partial charge in [-0.15, -0.1) is 0 Å². The molecule has 0 heteroatoms. The highest BCUT2D eigenvalue weighted by Gasteiger charge is 1.82. The minimum absolute atomic E-state index is 0.817. The van der Waals surface area contributed by atoms with Crippen LogP contribution in [0, 0.1) is 11.8 Å². The molecule has 0 nitrogen and oxygen atoms in total. The molecule has 0 amide bonds. The van der Waals surface area contributed by atoms with Gasteiger partial charge in [0.05, 0.1) is 0 Å². The summed E-state index contributed by atoms with van der Waals surface area (Å²) < 4.78 is 0. The largest absolute Gasteiger partial charge is 0.0992 e. The molecular weight excluding hydrogens is 132 g/mol. The third-order valence-corrected chi connectivity index (χ3v) is 1.37. The molecule has 0 aromatic rings. The Morgan fingerprint density at radius 3 is 2.55 bits per heavy atom. The van der Waals surface area contributed by atoms with Gasteiger partial charge in [0.25, 0.3) is 0 Å². The van der Waals surface area contributed by atoms with Gasteiger partial charge in [0.15, 0.2) is 0 Å². The summed E-state index contributed by atoms with van der Waals surface area (Å²) in [6, 6.07) is 0. The van der Waals surface area contributed by atoms with Gasteiger partial charge in [0.2, 0.25) is 0 Å².